The number of urea groups is 1. The number of amides is 2. The van der Waals surface area contributed by atoms with E-state index in [9.17, 15) is 4.79 Å². The van der Waals surface area contributed by atoms with Crippen molar-refractivity contribution in [1.82, 2.24) is 5.32 Å². The number of aliphatic hydroxyl groups excluding tert-OH is 1. The number of carbonyl (C=O) groups is 1. The molecule has 1 aromatic heterocycles. The van der Waals surface area contributed by atoms with Crippen molar-refractivity contribution in [3.63, 3.8) is 0 Å². The van der Waals surface area contributed by atoms with Gasteiger partial charge < -0.3 is 15.7 Å². The second kappa shape index (κ2) is 7.70. The lowest BCUT2D eigenvalue weighted by Crippen LogP contribution is -2.27. The fourth-order valence-corrected chi connectivity index (χ4v) is 2.59. The number of thiophene rings is 1. The van der Waals surface area contributed by atoms with Gasteiger partial charge in [0.05, 0.1) is 11.4 Å². The number of halogens is 1. The van der Waals surface area contributed by atoms with E-state index in [2.05, 4.69) is 22.5 Å². The summed E-state index contributed by atoms with van der Waals surface area (Å²) >= 11 is 7.32. The summed E-state index contributed by atoms with van der Waals surface area (Å²) in [6, 6.07) is 10.4. The molecule has 2 aromatic rings. The Morgan fingerprint density at radius 1 is 1.33 bits per heavy atom. The number of carbonyl (C=O) groups excluding carboxylic acids is 1. The van der Waals surface area contributed by atoms with E-state index in [1.54, 1.807) is 24.3 Å². The predicted octanol–water partition coefficient (Wildman–Crippen LogP) is 3.07. The van der Waals surface area contributed by atoms with E-state index in [0.717, 1.165) is 9.75 Å². The molecule has 21 heavy (non-hydrogen) atoms. The van der Waals surface area contributed by atoms with Crippen molar-refractivity contribution in [2.24, 2.45) is 0 Å². The van der Waals surface area contributed by atoms with E-state index in [0.29, 0.717) is 17.3 Å². The van der Waals surface area contributed by atoms with E-state index in [-0.39, 0.29) is 12.6 Å². The van der Waals surface area contributed by atoms with Crippen LogP contribution in [0.15, 0.2) is 36.4 Å². The standard InChI is InChI=1S/C15H13ClN2O2S/c16-11-3-1-4-12(9-11)18-15(20)17-10-14-7-6-13(21-14)5-2-8-19/h1,3-4,6-7,9,19H,8,10H2,(H2,17,18,20). The molecule has 4 nitrogen and oxygen atoms in total. The highest BCUT2D eigenvalue weighted by molar-refractivity contribution is 7.12. The minimum Gasteiger partial charge on any atom is -0.384 e. The number of nitrogens with one attached hydrogen (secondary N) is 2. The van der Waals surface area contributed by atoms with E-state index in [1.807, 2.05) is 12.1 Å². The van der Waals surface area contributed by atoms with Gasteiger partial charge in [0, 0.05) is 15.6 Å². The minimum absolute atomic E-state index is 0.159. The van der Waals surface area contributed by atoms with Crippen LogP contribution in [0.1, 0.15) is 9.75 Å². The maximum absolute atomic E-state index is 11.8. The summed E-state index contributed by atoms with van der Waals surface area (Å²) in [5, 5.41) is 14.7. The Morgan fingerprint density at radius 3 is 2.95 bits per heavy atom. The smallest absolute Gasteiger partial charge is 0.319 e. The van der Waals surface area contributed by atoms with Crippen LogP contribution in [0.5, 0.6) is 0 Å². The van der Waals surface area contributed by atoms with Crippen LogP contribution in [0.2, 0.25) is 5.02 Å². The molecule has 0 spiro atoms. The van der Waals surface area contributed by atoms with Gasteiger partial charge in [-0.2, -0.15) is 0 Å². The first-order chi connectivity index (χ1) is 10.2. The summed E-state index contributed by atoms with van der Waals surface area (Å²) in [5.41, 5.74) is 0.640. The van der Waals surface area contributed by atoms with Gasteiger partial charge in [0.2, 0.25) is 0 Å². The van der Waals surface area contributed by atoms with Crippen LogP contribution in [0.3, 0.4) is 0 Å². The Balaban J connectivity index is 1.85. The van der Waals surface area contributed by atoms with E-state index in [1.165, 1.54) is 11.3 Å². The Bertz CT molecular complexity index is 688. The third-order valence-corrected chi connectivity index (χ3v) is 3.69. The van der Waals surface area contributed by atoms with Crippen LogP contribution >= 0.6 is 22.9 Å². The molecular weight excluding hydrogens is 308 g/mol. The molecule has 0 radical (unpaired) electrons. The molecule has 1 heterocycles. The Hall–Kier alpha value is -2.00. The summed E-state index contributed by atoms with van der Waals surface area (Å²) < 4.78 is 0. The van der Waals surface area contributed by atoms with Crippen LogP contribution in [-0.4, -0.2) is 17.7 Å². The number of benzene rings is 1. The highest BCUT2D eigenvalue weighted by Crippen LogP contribution is 2.16. The minimum atomic E-state index is -0.298. The average Bonchev–Trinajstić information content (AvgIpc) is 2.91. The molecule has 0 unspecified atom stereocenters. The highest BCUT2D eigenvalue weighted by atomic mass is 35.5. The van der Waals surface area contributed by atoms with Crippen LogP contribution in [0, 0.1) is 11.8 Å². The molecule has 0 fully saturated rings. The van der Waals surface area contributed by atoms with Crippen molar-refractivity contribution in [3.05, 3.63) is 51.2 Å². The first-order valence-corrected chi connectivity index (χ1v) is 7.35. The average molecular weight is 321 g/mol. The first kappa shape index (κ1) is 15.4. The molecule has 0 saturated heterocycles. The first-order valence-electron chi connectivity index (χ1n) is 6.16. The van der Waals surface area contributed by atoms with Crippen molar-refractivity contribution >= 4 is 34.7 Å². The zero-order valence-corrected chi connectivity index (χ0v) is 12.6. The van der Waals surface area contributed by atoms with Crippen molar-refractivity contribution in [3.8, 4) is 11.8 Å². The lowest BCUT2D eigenvalue weighted by molar-refractivity contribution is 0.252. The summed E-state index contributed by atoms with van der Waals surface area (Å²) in [6.45, 7) is 0.255. The molecule has 108 valence electrons. The van der Waals surface area contributed by atoms with Gasteiger partial charge in [-0.25, -0.2) is 4.79 Å². The maximum Gasteiger partial charge on any atom is 0.319 e. The van der Waals surface area contributed by atoms with Gasteiger partial charge in [-0.3, -0.25) is 0 Å². The van der Waals surface area contributed by atoms with E-state index >= 15 is 0 Å². The number of hydrogen-bond donors (Lipinski definition) is 3. The van der Waals surface area contributed by atoms with Crippen LogP contribution in [-0.2, 0) is 6.54 Å². The number of anilines is 1. The van der Waals surface area contributed by atoms with Gasteiger partial charge in [-0.15, -0.1) is 11.3 Å². The third-order valence-electron chi connectivity index (χ3n) is 2.46. The van der Waals surface area contributed by atoms with Crippen LogP contribution < -0.4 is 10.6 Å². The predicted molar refractivity (Wildman–Crippen MR) is 85.6 cm³/mol. The zero-order valence-electron chi connectivity index (χ0n) is 11.0. The lowest BCUT2D eigenvalue weighted by Gasteiger charge is -2.06. The van der Waals surface area contributed by atoms with Gasteiger partial charge in [-0.05, 0) is 30.3 Å². The Kier molecular flexibility index (Phi) is 5.64. The third kappa shape index (κ3) is 5.12. The summed E-state index contributed by atoms with van der Waals surface area (Å²) in [6.07, 6.45) is 0. The Labute approximate surface area is 131 Å². The molecule has 1 aromatic carbocycles. The summed E-state index contributed by atoms with van der Waals surface area (Å²) in [4.78, 5) is 13.6. The zero-order chi connectivity index (χ0) is 15.1. The maximum atomic E-state index is 11.8. The van der Waals surface area contributed by atoms with Crippen molar-refractivity contribution < 1.29 is 9.90 Å². The van der Waals surface area contributed by atoms with Crippen LogP contribution in [0.25, 0.3) is 0 Å². The summed E-state index contributed by atoms with van der Waals surface area (Å²) in [7, 11) is 0. The highest BCUT2D eigenvalue weighted by Gasteiger charge is 2.03. The van der Waals surface area contributed by atoms with Crippen molar-refractivity contribution in [2.75, 3.05) is 11.9 Å². The summed E-state index contributed by atoms with van der Waals surface area (Å²) in [5.74, 6) is 5.41. The van der Waals surface area contributed by atoms with Crippen LogP contribution in [0.4, 0.5) is 10.5 Å². The topological polar surface area (TPSA) is 61.4 Å². The second-order valence-electron chi connectivity index (χ2n) is 4.04. The van der Waals surface area contributed by atoms with Gasteiger partial charge >= 0.3 is 6.03 Å². The second-order valence-corrected chi connectivity index (χ2v) is 5.65. The van der Waals surface area contributed by atoms with Gasteiger partial charge in [0.1, 0.15) is 6.61 Å². The molecule has 0 aliphatic heterocycles. The van der Waals surface area contributed by atoms with Gasteiger partial charge in [-0.1, -0.05) is 29.5 Å². The quantitative estimate of drug-likeness (QED) is 0.761. The van der Waals surface area contributed by atoms with Gasteiger partial charge in [0.25, 0.3) is 0 Å². The molecule has 2 amide bonds. The molecule has 0 aliphatic rings. The monoisotopic (exact) mass is 320 g/mol. The Morgan fingerprint density at radius 2 is 2.19 bits per heavy atom. The largest absolute Gasteiger partial charge is 0.384 e. The fraction of sp³-hybridized carbons (Fsp3) is 0.133. The molecule has 6 heteroatoms. The molecule has 0 atom stereocenters. The number of rotatable bonds is 3. The lowest BCUT2D eigenvalue weighted by atomic mass is 10.3. The van der Waals surface area contributed by atoms with E-state index < -0.39 is 0 Å². The number of hydrogen-bond acceptors (Lipinski definition) is 3. The molecule has 0 bridgehead atoms. The SMILES string of the molecule is O=C(NCc1ccc(C#CCO)s1)Nc1cccc(Cl)c1. The van der Waals surface area contributed by atoms with Crippen molar-refractivity contribution in [1.29, 1.82) is 0 Å². The molecule has 0 aliphatic carbocycles. The fourth-order valence-electron chi connectivity index (χ4n) is 1.58. The van der Waals surface area contributed by atoms with Crippen molar-refractivity contribution in [2.45, 2.75) is 6.54 Å². The van der Waals surface area contributed by atoms with Gasteiger partial charge in [0.15, 0.2) is 0 Å². The molecule has 2 rings (SSSR count). The molecular formula is C15H13ClN2O2S. The number of aliphatic hydroxyl groups is 1. The van der Waals surface area contributed by atoms with E-state index in [4.69, 9.17) is 16.7 Å². The molecule has 0 saturated carbocycles. The molecule has 3 N–H and O–H groups in total. The normalized spacial score (nSPS) is 9.62.